The Morgan fingerprint density at radius 3 is 0.842 bits per heavy atom. The van der Waals surface area contributed by atoms with E-state index in [1.54, 1.807) is 0 Å². The lowest BCUT2D eigenvalue weighted by atomic mass is 10.3. The molecule has 6 N–H and O–H groups in total. The molecule has 0 heterocycles. The summed E-state index contributed by atoms with van der Waals surface area (Å²) in [5, 5.41) is -1.11. The van der Waals surface area contributed by atoms with Gasteiger partial charge in [-0.25, -0.2) is 0 Å². The Hall–Kier alpha value is -1.33. The van der Waals surface area contributed by atoms with Gasteiger partial charge in [-0.1, -0.05) is 11.6 Å². The van der Waals surface area contributed by atoms with Crippen molar-refractivity contribution in [2.24, 2.45) is 0 Å². The first kappa shape index (κ1) is 34.7. The molecule has 2 aromatic carbocycles. The van der Waals surface area contributed by atoms with Crippen LogP contribution in [0, 0.1) is 0 Å². The maximum atomic E-state index is 11.0. The highest BCUT2D eigenvalue weighted by atomic mass is 79.9. The van der Waals surface area contributed by atoms with Crippen LogP contribution in [0.25, 0.3) is 0 Å². The highest BCUT2D eigenvalue weighted by Gasteiger charge is 2.29. The van der Waals surface area contributed by atoms with Gasteiger partial charge in [0.25, 0.3) is 60.7 Å². The van der Waals surface area contributed by atoms with E-state index < -0.39 is 99.6 Å². The molecule has 38 heavy (non-hydrogen) atoms. The zero-order chi connectivity index (χ0) is 30.4. The average Bonchev–Trinajstić information content (AvgIpc) is 2.63. The molecule has 0 amide bonds. The predicted octanol–water partition coefficient (Wildman–Crippen LogP) is 0.269. The van der Waals surface area contributed by atoms with E-state index >= 15 is 0 Å². The quantitative estimate of drug-likeness (QED) is 0.216. The van der Waals surface area contributed by atoms with Crippen LogP contribution in [0.3, 0.4) is 0 Å². The molecule has 0 aliphatic rings. The summed E-state index contributed by atoms with van der Waals surface area (Å²) in [4.78, 5) is -7.19. The first-order valence-electron chi connectivity index (χ1n) is 8.01. The summed E-state index contributed by atoms with van der Waals surface area (Å²) in [6.07, 6.45) is 0. The molecule has 0 bridgehead atoms. The van der Waals surface area contributed by atoms with Crippen molar-refractivity contribution in [3.05, 3.63) is 33.8 Å². The fourth-order valence-electron chi connectivity index (χ4n) is 2.15. The summed E-state index contributed by atoms with van der Waals surface area (Å²) in [6, 6.07) is 1.12. The molecule has 0 aliphatic carbocycles. The van der Waals surface area contributed by atoms with Crippen LogP contribution in [0.5, 0.6) is 0 Å². The summed E-state index contributed by atoms with van der Waals surface area (Å²) >= 11 is 7.84. The summed E-state index contributed by atoms with van der Waals surface area (Å²) in [5.74, 6) is 0. The standard InChI is InChI=1S/C6H5BrO9S3.C6H5ClO9S3/c2*7-6-4(18(11,12)13)1-3(17(8,9)10)2-5(6)19(14,15)16/h2*1-2H,(H,8,9,10)(H,11,12,13)(H,14,15,16). The van der Waals surface area contributed by atoms with Crippen LogP contribution in [0.2, 0.25) is 5.02 Å². The van der Waals surface area contributed by atoms with Crippen LogP contribution in [0.15, 0.2) is 58.1 Å². The Morgan fingerprint density at radius 2 is 0.658 bits per heavy atom. The smallest absolute Gasteiger partial charge is 0.282 e. The summed E-state index contributed by atoms with van der Waals surface area (Å²) in [5.41, 5.74) is 0. The Bertz CT molecular complexity index is 1710. The van der Waals surface area contributed by atoms with Gasteiger partial charge in [0.05, 0.1) is 19.3 Å². The molecule has 0 unspecified atom stereocenters. The van der Waals surface area contributed by atoms with Gasteiger partial charge in [0.15, 0.2) is 0 Å². The minimum absolute atomic E-state index is 0.238. The fourth-order valence-corrected chi connectivity index (χ4v) is 8.24. The molecule has 0 saturated heterocycles. The van der Waals surface area contributed by atoms with E-state index in [0.29, 0.717) is 12.1 Å². The van der Waals surface area contributed by atoms with E-state index in [-0.39, 0.29) is 12.1 Å². The van der Waals surface area contributed by atoms with Gasteiger partial charge in [-0.15, -0.1) is 0 Å². The number of benzene rings is 2. The largest absolute Gasteiger partial charge is 0.296 e. The molecule has 18 nitrogen and oxygen atoms in total. The van der Waals surface area contributed by atoms with Crippen molar-refractivity contribution in [2.75, 3.05) is 0 Å². The summed E-state index contributed by atoms with van der Waals surface area (Å²) in [6.45, 7) is 0. The Morgan fingerprint density at radius 1 is 0.447 bits per heavy atom. The maximum Gasteiger partial charge on any atom is 0.296 e. The SMILES string of the molecule is O=S(=O)(O)c1cc(S(=O)(=O)O)c(Br)c(S(=O)(=O)O)c1.O=S(=O)(O)c1cc(S(=O)(=O)O)c(Cl)c(S(=O)(=O)O)c1. The molecule has 216 valence electrons. The van der Waals surface area contributed by atoms with E-state index in [1.165, 1.54) is 0 Å². The van der Waals surface area contributed by atoms with E-state index in [1.807, 2.05) is 0 Å². The molecule has 0 fully saturated rings. The lowest BCUT2D eigenvalue weighted by Crippen LogP contribution is -2.09. The Kier molecular flexibility index (Phi) is 9.97. The molecule has 2 aromatic rings. The van der Waals surface area contributed by atoms with Crippen LogP contribution in [0.1, 0.15) is 0 Å². The molecule has 0 aliphatic heterocycles. The zero-order valence-electron chi connectivity index (χ0n) is 17.1. The van der Waals surface area contributed by atoms with E-state index in [2.05, 4.69) is 15.9 Å². The van der Waals surface area contributed by atoms with Gasteiger partial charge in [0.2, 0.25) is 0 Å². The summed E-state index contributed by atoms with van der Waals surface area (Å²) < 4.78 is 183. The number of halogens is 2. The van der Waals surface area contributed by atoms with Crippen LogP contribution in [-0.2, 0) is 60.7 Å². The molecular weight excluding hydrogens is 740 g/mol. The number of rotatable bonds is 6. The van der Waals surface area contributed by atoms with Gasteiger partial charge in [-0.3, -0.25) is 27.3 Å². The highest BCUT2D eigenvalue weighted by molar-refractivity contribution is 9.10. The second kappa shape index (κ2) is 10.9. The van der Waals surface area contributed by atoms with Crippen molar-refractivity contribution in [1.82, 2.24) is 0 Å². The van der Waals surface area contributed by atoms with Crippen LogP contribution in [-0.4, -0.2) is 77.8 Å². The van der Waals surface area contributed by atoms with Gasteiger partial charge >= 0.3 is 0 Å². The highest BCUT2D eigenvalue weighted by Crippen LogP contribution is 2.33. The molecule has 0 spiro atoms. The molecule has 2 rings (SSSR count). The van der Waals surface area contributed by atoms with Gasteiger partial charge in [0, 0.05) is 0 Å². The maximum absolute atomic E-state index is 11.0. The van der Waals surface area contributed by atoms with Crippen LogP contribution in [0.4, 0.5) is 0 Å². The Balaban J connectivity index is 0.000000380. The predicted molar refractivity (Wildman–Crippen MR) is 124 cm³/mol. The third-order valence-electron chi connectivity index (χ3n) is 3.67. The zero-order valence-corrected chi connectivity index (χ0v) is 24.3. The number of hydrogen-bond donors (Lipinski definition) is 6. The second-order valence-electron chi connectivity index (χ2n) is 6.32. The lowest BCUT2D eigenvalue weighted by Gasteiger charge is -2.08. The van der Waals surface area contributed by atoms with Crippen molar-refractivity contribution in [3.63, 3.8) is 0 Å². The van der Waals surface area contributed by atoms with E-state index in [9.17, 15) is 50.5 Å². The topological polar surface area (TPSA) is 326 Å². The van der Waals surface area contributed by atoms with Crippen molar-refractivity contribution < 1.29 is 77.8 Å². The van der Waals surface area contributed by atoms with Crippen molar-refractivity contribution in [1.29, 1.82) is 0 Å². The molecule has 0 saturated carbocycles. The van der Waals surface area contributed by atoms with Crippen LogP contribution >= 0.6 is 27.5 Å². The first-order valence-corrected chi connectivity index (χ1v) is 17.8. The normalized spacial score (nSPS) is 13.5. The minimum atomic E-state index is -5.08. The molecule has 26 heteroatoms. The third-order valence-corrected chi connectivity index (χ3v) is 10.9. The van der Waals surface area contributed by atoms with E-state index in [0.717, 1.165) is 0 Å². The monoisotopic (exact) mass is 748 g/mol. The molecular formula is C12H10BrClO18S6. The fraction of sp³-hybridized carbons (Fsp3) is 0. The summed E-state index contributed by atoms with van der Waals surface area (Å²) in [7, 11) is -30.1. The Labute approximate surface area is 227 Å². The van der Waals surface area contributed by atoms with Gasteiger partial charge < -0.3 is 0 Å². The third kappa shape index (κ3) is 8.84. The molecule has 0 aromatic heterocycles. The second-order valence-corrected chi connectivity index (χ2v) is 15.9. The number of hydrogen-bond acceptors (Lipinski definition) is 12. The lowest BCUT2D eigenvalue weighted by molar-refractivity contribution is 0.471. The molecule has 0 radical (unpaired) electrons. The minimum Gasteiger partial charge on any atom is -0.282 e. The van der Waals surface area contributed by atoms with Crippen molar-refractivity contribution >= 4 is 88.2 Å². The van der Waals surface area contributed by atoms with Crippen molar-refractivity contribution in [2.45, 2.75) is 29.4 Å². The van der Waals surface area contributed by atoms with Gasteiger partial charge in [-0.2, -0.15) is 50.5 Å². The van der Waals surface area contributed by atoms with Crippen LogP contribution < -0.4 is 0 Å². The first-order chi connectivity index (χ1) is 16.5. The van der Waals surface area contributed by atoms with E-state index in [4.69, 9.17) is 38.9 Å². The van der Waals surface area contributed by atoms with Gasteiger partial charge in [0.1, 0.15) is 19.6 Å². The average molecular weight is 750 g/mol. The molecule has 0 atom stereocenters. The van der Waals surface area contributed by atoms with Gasteiger partial charge in [-0.05, 0) is 40.2 Å². The van der Waals surface area contributed by atoms with Crippen molar-refractivity contribution in [3.8, 4) is 0 Å².